The molecule has 0 saturated carbocycles. The fourth-order valence-electron chi connectivity index (χ4n) is 4.41. The van der Waals surface area contributed by atoms with E-state index in [0.29, 0.717) is 10.7 Å². The Morgan fingerprint density at radius 2 is 1.28 bits per heavy atom. The Morgan fingerprint density at radius 3 is 1.80 bits per heavy atom. The fourth-order valence-corrected chi connectivity index (χ4v) is 4.54. The number of rotatable bonds is 2. The molecule has 3 aliphatic heterocycles. The molecule has 3 saturated heterocycles. The molecule has 2 amide bonds. The van der Waals surface area contributed by atoms with E-state index in [1.165, 1.54) is 4.90 Å². The number of anilines is 1. The van der Waals surface area contributed by atoms with Gasteiger partial charge < -0.3 is 4.74 Å². The van der Waals surface area contributed by atoms with Crippen molar-refractivity contribution in [3.05, 3.63) is 53.6 Å². The van der Waals surface area contributed by atoms with Crippen molar-refractivity contribution in [2.45, 2.75) is 25.0 Å². The van der Waals surface area contributed by atoms with Crippen LogP contribution in [0.15, 0.2) is 48.5 Å². The zero-order valence-corrected chi connectivity index (χ0v) is 14.1. The third-order valence-corrected chi connectivity index (χ3v) is 5.84. The number of hydrogen-bond donors (Lipinski definition) is 0. The maximum atomic E-state index is 12.8. The lowest BCUT2D eigenvalue weighted by Crippen LogP contribution is -2.34. The number of halogens is 1. The second kappa shape index (κ2) is 5.41. The van der Waals surface area contributed by atoms with Crippen molar-refractivity contribution in [3.63, 3.8) is 0 Å². The van der Waals surface area contributed by atoms with Gasteiger partial charge in [-0.25, -0.2) is 4.90 Å². The monoisotopic (exact) mass is 353 g/mol. The van der Waals surface area contributed by atoms with Gasteiger partial charge in [0.15, 0.2) is 0 Å². The second-order valence-electron chi connectivity index (χ2n) is 6.91. The molecule has 2 aromatic carbocycles. The zero-order chi connectivity index (χ0) is 17.1. The van der Waals surface area contributed by atoms with Crippen molar-refractivity contribution in [2.75, 3.05) is 4.90 Å². The van der Waals surface area contributed by atoms with Crippen LogP contribution in [0.4, 0.5) is 5.69 Å². The Bertz CT molecular complexity index is 834. The second-order valence-corrected chi connectivity index (χ2v) is 7.34. The number of nitrogens with zero attached hydrogens (tertiary/aromatic N) is 1. The highest BCUT2D eigenvalue weighted by atomic mass is 35.5. The van der Waals surface area contributed by atoms with Crippen molar-refractivity contribution in [2.24, 2.45) is 11.8 Å². The Labute approximate surface area is 150 Å². The molecule has 2 bridgehead atoms. The number of carbonyl (C=O) groups is 2. The standard InChI is InChI=1S/C20H16ClNO3/c21-13-5-1-11(2-6-13)12-3-7-14(8-4-12)22-19(23)17-15-9-10-16(25-15)18(17)20(22)24/h1-8,15-18H,9-10H2/t15-,16-,17+,18+/m1/s1. The topological polar surface area (TPSA) is 46.6 Å². The van der Waals surface area contributed by atoms with Gasteiger partial charge in [-0.15, -0.1) is 0 Å². The summed E-state index contributed by atoms with van der Waals surface area (Å²) >= 11 is 5.93. The maximum Gasteiger partial charge on any atom is 0.240 e. The van der Waals surface area contributed by atoms with Crippen LogP contribution < -0.4 is 4.90 Å². The van der Waals surface area contributed by atoms with Crippen LogP contribution >= 0.6 is 11.6 Å². The molecule has 0 spiro atoms. The lowest BCUT2D eigenvalue weighted by molar-refractivity contribution is -0.124. The van der Waals surface area contributed by atoms with Crippen molar-refractivity contribution in [1.82, 2.24) is 0 Å². The van der Waals surface area contributed by atoms with Gasteiger partial charge in [-0.05, 0) is 48.2 Å². The molecule has 0 aliphatic carbocycles. The van der Waals surface area contributed by atoms with E-state index < -0.39 is 0 Å². The molecule has 25 heavy (non-hydrogen) atoms. The average molecular weight is 354 g/mol. The highest BCUT2D eigenvalue weighted by Crippen LogP contribution is 2.49. The van der Waals surface area contributed by atoms with Gasteiger partial charge in [0.25, 0.3) is 0 Å². The van der Waals surface area contributed by atoms with Crippen molar-refractivity contribution in [3.8, 4) is 11.1 Å². The molecular formula is C20H16ClNO3. The van der Waals surface area contributed by atoms with E-state index in [-0.39, 0.29) is 35.9 Å². The maximum absolute atomic E-state index is 12.8. The van der Waals surface area contributed by atoms with E-state index in [4.69, 9.17) is 16.3 Å². The molecule has 5 heteroatoms. The first-order chi connectivity index (χ1) is 12.1. The van der Waals surface area contributed by atoms with Gasteiger partial charge in [0.1, 0.15) is 0 Å². The van der Waals surface area contributed by atoms with Gasteiger partial charge in [-0.2, -0.15) is 0 Å². The van der Waals surface area contributed by atoms with Crippen molar-refractivity contribution in [1.29, 1.82) is 0 Å². The summed E-state index contributed by atoms with van der Waals surface area (Å²) in [6, 6.07) is 15.1. The van der Waals surface area contributed by atoms with Crippen LogP contribution in [0, 0.1) is 11.8 Å². The number of fused-ring (bicyclic) bond motifs is 5. The minimum atomic E-state index is -0.290. The Morgan fingerprint density at radius 1 is 0.800 bits per heavy atom. The summed E-state index contributed by atoms with van der Waals surface area (Å²) in [7, 11) is 0. The molecule has 2 aromatic rings. The Kier molecular flexibility index (Phi) is 3.27. The number of carbonyl (C=O) groups excluding carboxylic acids is 2. The molecule has 0 aromatic heterocycles. The SMILES string of the molecule is O=C1[C@@H]2[C@@H](C(=O)N1c1ccc(-c3ccc(Cl)cc3)cc1)[C@H]1CC[C@H]2O1. The lowest BCUT2D eigenvalue weighted by Gasteiger charge is -2.18. The molecule has 0 radical (unpaired) electrons. The minimum Gasteiger partial charge on any atom is -0.373 e. The lowest BCUT2D eigenvalue weighted by atomic mass is 9.81. The van der Waals surface area contributed by atoms with Gasteiger partial charge in [0.05, 0.1) is 29.7 Å². The molecule has 3 fully saturated rings. The third-order valence-electron chi connectivity index (χ3n) is 5.59. The normalized spacial score (nSPS) is 30.2. The number of imide groups is 1. The largest absolute Gasteiger partial charge is 0.373 e. The molecule has 5 rings (SSSR count). The highest BCUT2D eigenvalue weighted by Gasteiger charge is 2.62. The number of amides is 2. The molecule has 3 heterocycles. The molecule has 0 N–H and O–H groups in total. The number of ether oxygens (including phenoxy) is 1. The van der Waals surface area contributed by atoms with E-state index in [2.05, 4.69) is 0 Å². The van der Waals surface area contributed by atoms with Crippen LogP contribution in [0.25, 0.3) is 11.1 Å². The van der Waals surface area contributed by atoms with Gasteiger partial charge in [0.2, 0.25) is 11.8 Å². The average Bonchev–Trinajstić information content (AvgIpc) is 3.30. The van der Waals surface area contributed by atoms with E-state index >= 15 is 0 Å². The Balaban J connectivity index is 1.45. The van der Waals surface area contributed by atoms with Crippen molar-refractivity contribution >= 4 is 29.1 Å². The summed E-state index contributed by atoms with van der Waals surface area (Å²) < 4.78 is 5.77. The van der Waals surface area contributed by atoms with E-state index in [9.17, 15) is 9.59 Å². The summed E-state index contributed by atoms with van der Waals surface area (Å²) in [6.45, 7) is 0. The summed E-state index contributed by atoms with van der Waals surface area (Å²) in [6.07, 6.45) is 1.61. The molecule has 4 atom stereocenters. The first-order valence-electron chi connectivity index (χ1n) is 8.53. The highest BCUT2D eigenvalue weighted by molar-refractivity contribution is 6.30. The van der Waals surface area contributed by atoms with Crippen LogP contribution in [-0.2, 0) is 14.3 Å². The smallest absolute Gasteiger partial charge is 0.240 e. The molecule has 0 unspecified atom stereocenters. The number of benzene rings is 2. The third kappa shape index (κ3) is 2.17. The van der Waals surface area contributed by atoms with Gasteiger partial charge in [0, 0.05) is 5.02 Å². The predicted molar refractivity (Wildman–Crippen MR) is 94.3 cm³/mol. The molecule has 126 valence electrons. The summed E-state index contributed by atoms with van der Waals surface area (Å²) in [4.78, 5) is 26.9. The molecule has 4 nitrogen and oxygen atoms in total. The molecular weight excluding hydrogens is 338 g/mol. The van der Waals surface area contributed by atoms with E-state index in [1.54, 1.807) is 0 Å². The minimum absolute atomic E-state index is 0.0789. The quantitative estimate of drug-likeness (QED) is 0.774. The van der Waals surface area contributed by atoms with E-state index in [1.807, 2.05) is 48.5 Å². The van der Waals surface area contributed by atoms with Gasteiger partial charge in [-0.1, -0.05) is 35.9 Å². The summed E-state index contributed by atoms with van der Waals surface area (Å²) in [5.74, 6) is -0.799. The number of hydrogen-bond acceptors (Lipinski definition) is 3. The predicted octanol–water partition coefficient (Wildman–Crippen LogP) is 3.67. The van der Waals surface area contributed by atoms with Crippen molar-refractivity contribution < 1.29 is 14.3 Å². The van der Waals surface area contributed by atoms with Crippen LogP contribution in [0.1, 0.15) is 12.8 Å². The summed E-state index contributed by atoms with van der Waals surface area (Å²) in [5.41, 5.74) is 2.70. The fraction of sp³-hybridized carbons (Fsp3) is 0.300. The van der Waals surface area contributed by atoms with Crippen LogP contribution in [0.5, 0.6) is 0 Å². The van der Waals surface area contributed by atoms with E-state index in [0.717, 1.165) is 24.0 Å². The first kappa shape index (κ1) is 15.1. The van der Waals surface area contributed by atoms with Crippen LogP contribution in [0.2, 0.25) is 5.02 Å². The van der Waals surface area contributed by atoms with Gasteiger partial charge in [-0.3, -0.25) is 9.59 Å². The Hall–Kier alpha value is -2.17. The first-order valence-corrected chi connectivity index (χ1v) is 8.90. The van der Waals surface area contributed by atoms with Crippen LogP contribution in [-0.4, -0.2) is 24.0 Å². The molecule has 3 aliphatic rings. The summed E-state index contributed by atoms with van der Waals surface area (Å²) in [5, 5.41) is 0.692. The van der Waals surface area contributed by atoms with Crippen LogP contribution in [0.3, 0.4) is 0 Å². The van der Waals surface area contributed by atoms with Gasteiger partial charge >= 0.3 is 0 Å². The zero-order valence-electron chi connectivity index (χ0n) is 13.4.